The van der Waals surface area contributed by atoms with Gasteiger partial charge in [0.05, 0.1) is 12.8 Å². The number of amides is 3. The van der Waals surface area contributed by atoms with Crippen LogP contribution in [-0.4, -0.2) is 33.8 Å². The maximum atomic E-state index is 15.0. The average molecular weight is 497 g/mol. The number of hydrogen-bond donors (Lipinski definition) is 2. The third-order valence-electron chi connectivity index (χ3n) is 6.15. The van der Waals surface area contributed by atoms with Crippen LogP contribution in [0.25, 0.3) is 0 Å². The molecule has 2 heterocycles. The van der Waals surface area contributed by atoms with Crippen LogP contribution in [0, 0.1) is 12.7 Å². The summed E-state index contributed by atoms with van der Waals surface area (Å²) >= 11 is 0. The first-order chi connectivity index (χ1) is 17.4. The second kappa shape index (κ2) is 11.7. The van der Waals surface area contributed by atoms with Crippen LogP contribution in [0.4, 0.5) is 10.2 Å². The van der Waals surface area contributed by atoms with Gasteiger partial charge in [-0.25, -0.2) is 4.39 Å². The molecule has 2 N–H and O–H groups in total. The van der Waals surface area contributed by atoms with Gasteiger partial charge in [-0.15, -0.1) is 0 Å². The Morgan fingerprint density at radius 1 is 1.14 bits per heavy atom. The van der Waals surface area contributed by atoms with E-state index in [0.717, 1.165) is 25.7 Å². The van der Waals surface area contributed by atoms with Crippen LogP contribution in [-0.2, 0) is 20.9 Å². The van der Waals surface area contributed by atoms with Crippen molar-refractivity contribution < 1.29 is 27.7 Å². The Kier molecular flexibility index (Phi) is 8.14. The summed E-state index contributed by atoms with van der Waals surface area (Å²) in [5.74, 6) is -0.777. The highest BCUT2D eigenvalue weighted by Gasteiger charge is 2.35. The second-order valence-electron chi connectivity index (χ2n) is 8.89. The number of rotatable bonds is 10. The van der Waals surface area contributed by atoms with Gasteiger partial charge in [-0.2, -0.15) is 0 Å². The fourth-order valence-electron chi connectivity index (χ4n) is 4.39. The number of nitrogens with zero attached hydrogens (tertiary/aromatic N) is 2. The van der Waals surface area contributed by atoms with E-state index in [2.05, 4.69) is 15.8 Å². The first kappa shape index (κ1) is 25.2. The highest BCUT2D eigenvalue weighted by Crippen LogP contribution is 2.28. The molecule has 0 radical (unpaired) electrons. The van der Waals surface area contributed by atoms with Gasteiger partial charge in [0.25, 0.3) is 0 Å². The zero-order chi connectivity index (χ0) is 25.5. The summed E-state index contributed by atoms with van der Waals surface area (Å²) in [4.78, 5) is 40.6. The molecule has 36 heavy (non-hydrogen) atoms. The first-order valence-corrected chi connectivity index (χ1v) is 12.0. The lowest BCUT2D eigenvalue weighted by molar-refractivity contribution is -0.142. The van der Waals surface area contributed by atoms with Gasteiger partial charge in [0.15, 0.2) is 5.82 Å². The number of hydrogen-bond acceptors (Lipinski definition) is 6. The predicted molar refractivity (Wildman–Crippen MR) is 128 cm³/mol. The molecule has 0 bridgehead atoms. The average Bonchev–Trinajstić information content (AvgIpc) is 3.63. The highest BCUT2D eigenvalue weighted by molar-refractivity contribution is 5.94. The van der Waals surface area contributed by atoms with Crippen molar-refractivity contribution in [2.24, 2.45) is 0 Å². The number of benzene rings is 1. The van der Waals surface area contributed by atoms with Crippen molar-refractivity contribution in [1.29, 1.82) is 0 Å². The van der Waals surface area contributed by atoms with Crippen molar-refractivity contribution >= 4 is 23.5 Å². The zero-order valence-electron chi connectivity index (χ0n) is 20.0. The van der Waals surface area contributed by atoms with Crippen molar-refractivity contribution in [3.8, 4) is 0 Å². The summed E-state index contributed by atoms with van der Waals surface area (Å²) in [6, 6.07) is 9.55. The smallest absolute Gasteiger partial charge is 0.247 e. The van der Waals surface area contributed by atoms with Crippen LogP contribution in [0.15, 0.2) is 57.7 Å². The van der Waals surface area contributed by atoms with Crippen molar-refractivity contribution in [3.63, 3.8) is 0 Å². The van der Waals surface area contributed by atoms with E-state index < -0.39 is 29.6 Å². The molecule has 2 aromatic heterocycles. The summed E-state index contributed by atoms with van der Waals surface area (Å²) in [5.41, 5.74) is 0.0791. The van der Waals surface area contributed by atoms with Crippen LogP contribution in [0.5, 0.6) is 0 Å². The largest absolute Gasteiger partial charge is 0.467 e. The number of halogens is 1. The topological polar surface area (TPSA) is 118 Å². The Hall–Kier alpha value is -3.95. The third-order valence-corrected chi connectivity index (χ3v) is 6.15. The standard InChI is InChI=1S/C26H29FN4O5/c1-17-15-22(30-36-17)29-23(32)12-13-24(33)31(16-19-9-6-14-35-19)25(20-10-4-5-11-21(20)27)26(34)28-18-7-2-3-8-18/h4-6,9-11,14-15,18,25H,2-3,7-8,12-13,16H2,1H3,(H,28,34)(H,29,30,32)/t25-/m1/s1. The van der Waals surface area contributed by atoms with E-state index in [4.69, 9.17) is 8.94 Å². The maximum absolute atomic E-state index is 15.0. The summed E-state index contributed by atoms with van der Waals surface area (Å²) < 4.78 is 25.3. The van der Waals surface area contributed by atoms with E-state index in [9.17, 15) is 18.8 Å². The Labute approximate surface area is 208 Å². The number of carbonyl (C=O) groups is 3. The van der Waals surface area contributed by atoms with Crippen LogP contribution in [0.2, 0.25) is 0 Å². The zero-order valence-corrected chi connectivity index (χ0v) is 20.0. The molecule has 190 valence electrons. The lowest BCUT2D eigenvalue weighted by Crippen LogP contribution is -2.46. The normalized spacial score (nSPS) is 14.4. The predicted octanol–water partition coefficient (Wildman–Crippen LogP) is 4.26. The van der Waals surface area contributed by atoms with Gasteiger partial charge >= 0.3 is 0 Å². The van der Waals surface area contributed by atoms with Crippen LogP contribution >= 0.6 is 0 Å². The minimum absolute atomic E-state index is 0.0240. The third kappa shape index (κ3) is 6.38. The Bertz CT molecular complexity index is 1190. The fraction of sp³-hybridized carbons (Fsp3) is 0.385. The molecule has 1 saturated carbocycles. The molecule has 10 heteroatoms. The molecule has 3 amide bonds. The van der Waals surface area contributed by atoms with E-state index >= 15 is 0 Å². The minimum atomic E-state index is -1.23. The number of carbonyl (C=O) groups excluding carboxylic acids is 3. The van der Waals surface area contributed by atoms with E-state index in [1.807, 2.05) is 0 Å². The number of nitrogens with one attached hydrogen (secondary N) is 2. The molecule has 1 atom stereocenters. The molecule has 0 unspecified atom stereocenters. The summed E-state index contributed by atoms with van der Waals surface area (Å²) in [6.07, 6.45) is 4.78. The lowest BCUT2D eigenvalue weighted by Gasteiger charge is -2.32. The second-order valence-corrected chi connectivity index (χ2v) is 8.89. The fourth-order valence-corrected chi connectivity index (χ4v) is 4.39. The number of anilines is 1. The van der Waals surface area contributed by atoms with E-state index in [1.165, 1.54) is 29.4 Å². The minimum Gasteiger partial charge on any atom is -0.467 e. The monoisotopic (exact) mass is 496 g/mol. The number of aromatic nitrogens is 1. The Morgan fingerprint density at radius 2 is 1.92 bits per heavy atom. The molecule has 1 fully saturated rings. The molecular weight excluding hydrogens is 467 g/mol. The van der Waals surface area contributed by atoms with Gasteiger partial charge in [0.1, 0.15) is 23.4 Å². The van der Waals surface area contributed by atoms with Gasteiger partial charge in [-0.05, 0) is 38.0 Å². The Morgan fingerprint density at radius 3 is 2.58 bits per heavy atom. The highest BCUT2D eigenvalue weighted by atomic mass is 19.1. The molecule has 0 aliphatic heterocycles. The molecule has 1 aliphatic carbocycles. The lowest BCUT2D eigenvalue weighted by atomic mass is 10.0. The van der Waals surface area contributed by atoms with Crippen molar-refractivity contribution in [3.05, 3.63) is 71.6 Å². The Balaban J connectivity index is 1.56. The number of aryl methyl sites for hydroxylation is 1. The van der Waals surface area contributed by atoms with Gasteiger partial charge in [0, 0.05) is 30.5 Å². The van der Waals surface area contributed by atoms with Gasteiger partial charge in [0.2, 0.25) is 17.7 Å². The number of furan rings is 1. The molecule has 4 rings (SSSR count). The van der Waals surface area contributed by atoms with Crippen molar-refractivity contribution in [2.45, 2.75) is 64.1 Å². The van der Waals surface area contributed by atoms with Crippen LogP contribution < -0.4 is 10.6 Å². The van der Waals surface area contributed by atoms with Crippen molar-refractivity contribution in [2.75, 3.05) is 5.32 Å². The molecule has 0 saturated heterocycles. The van der Waals surface area contributed by atoms with E-state index in [-0.39, 0.29) is 36.8 Å². The van der Waals surface area contributed by atoms with Crippen LogP contribution in [0.3, 0.4) is 0 Å². The van der Waals surface area contributed by atoms with Gasteiger partial charge in [-0.1, -0.05) is 36.2 Å². The van der Waals surface area contributed by atoms with Crippen LogP contribution in [0.1, 0.15) is 61.7 Å². The molecule has 0 spiro atoms. The van der Waals surface area contributed by atoms with Crippen molar-refractivity contribution in [1.82, 2.24) is 15.4 Å². The molecule has 1 aromatic carbocycles. The molecular formula is C26H29FN4O5. The molecule has 1 aliphatic rings. The maximum Gasteiger partial charge on any atom is 0.247 e. The van der Waals surface area contributed by atoms with E-state index in [0.29, 0.717) is 11.5 Å². The molecule has 9 nitrogen and oxygen atoms in total. The molecule has 3 aromatic rings. The first-order valence-electron chi connectivity index (χ1n) is 12.0. The van der Waals surface area contributed by atoms with Gasteiger partial charge in [-0.3, -0.25) is 14.4 Å². The quantitative estimate of drug-likeness (QED) is 0.433. The van der Waals surface area contributed by atoms with Gasteiger partial charge < -0.3 is 24.5 Å². The summed E-state index contributed by atoms with van der Waals surface area (Å²) in [7, 11) is 0. The summed E-state index contributed by atoms with van der Waals surface area (Å²) in [5, 5.41) is 9.27. The van der Waals surface area contributed by atoms with E-state index in [1.54, 1.807) is 31.2 Å². The SMILES string of the molecule is Cc1cc(NC(=O)CCC(=O)N(Cc2ccco2)[C@@H](C(=O)NC2CCCC2)c2ccccc2F)no1. The summed E-state index contributed by atoms with van der Waals surface area (Å²) in [6.45, 7) is 1.63.